The van der Waals surface area contributed by atoms with Crippen LogP contribution in [0.3, 0.4) is 0 Å². The first-order chi connectivity index (χ1) is 14.4. The summed E-state index contributed by atoms with van der Waals surface area (Å²) < 4.78 is 5.20. The average molecular weight is 402 g/mol. The number of rotatable bonds is 4. The van der Waals surface area contributed by atoms with Crippen molar-refractivity contribution < 1.29 is 25.2 Å². The number of nitrogens with zero attached hydrogens (tertiary/aromatic N) is 2. The Morgan fingerprint density at radius 2 is 1.20 bits per heavy atom. The molecule has 0 fully saturated rings. The van der Waals surface area contributed by atoms with Gasteiger partial charge in [-0.25, -0.2) is 9.97 Å². The van der Waals surface area contributed by atoms with E-state index in [9.17, 15) is 20.4 Å². The molecule has 4 aromatic rings. The highest BCUT2D eigenvalue weighted by Gasteiger charge is 2.16. The van der Waals surface area contributed by atoms with Gasteiger partial charge in [0.05, 0.1) is 24.1 Å². The van der Waals surface area contributed by atoms with E-state index in [0.29, 0.717) is 28.3 Å². The zero-order valence-corrected chi connectivity index (χ0v) is 15.9. The Bertz CT molecular complexity index is 1150. The van der Waals surface area contributed by atoms with Crippen LogP contribution in [0.2, 0.25) is 0 Å². The Morgan fingerprint density at radius 1 is 0.633 bits per heavy atom. The molecule has 0 unspecified atom stereocenters. The van der Waals surface area contributed by atoms with Crippen molar-refractivity contribution >= 4 is 0 Å². The first kappa shape index (κ1) is 19.1. The third kappa shape index (κ3) is 3.68. The van der Waals surface area contributed by atoms with Crippen molar-refractivity contribution in [2.45, 2.75) is 0 Å². The fourth-order valence-electron chi connectivity index (χ4n) is 3.06. The molecule has 0 saturated heterocycles. The first-order valence-electron chi connectivity index (χ1n) is 9.03. The highest BCUT2D eigenvalue weighted by Crippen LogP contribution is 2.36. The second kappa shape index (κ2) is 7.63. The molecule has 0 bridgehead atoms. The van der Waals surface area contributed by atoms with Crippen LogP contribution in [0.15, 0.2) is 66.7 Å². The minimum Gasteiger partial charge on any atom is -0.508 e. The number of ether oxygens (including phenoxy) is 1. The van der Waals surface area contributed by atoms with E-state index < -0.39 is 0 Å². The lowest BCUT2D eigenvalue weighted by Gasteiger charge is -2.11. The fraction of sp³-hybridized carbons (Fsp3) is 0.0435. The Kier molecular flexibility index (Phi) is 4.85. The molecule has 0 radical (unpaired) electrons. The first-order valence-corrected chi connectivity index (χ1v) is 9.03. The van der Waals surface area contributed by atoms with Gasteiger partial charge in [-0.3, -0.25) is 0 Å². The van der Waals surface area contributed by atoms with Crippen LogP contribution >= 0.6 is 0 Å². The van der Waals surface area contributed by atoms with Crippen molar-refractivity contribution in [1.82, 2.24) is 9.97 Å². The summed E-state index contributed by atoms with van der Waals surface area (Å²) in [6.45, 7) is 0. The van der Waals surface area contributed by atoms with Crippen molar-refractivity contribution in [2.24, 2.45) is 0 Å². The molecular formula is C23H18N2O5. The summed E-state index contributed by atoms with van der Waals surface area (Å²) in [6, 6.07) is 17.3. The van der Waals surface area contributed by atoms with Gasteiger partial charge in [0, 0.05) is 23.3 Å². The predicted molar refractivity (Wildman–Crippen MR) is 112 cm³/mol. The van der Waals surface area contributed by atoms with Gasteiger partial charge in [-0.1, -0.05) is 0 Å². The molecule has 0 aliphatic rings. The minimum absolute atomic E-state index is 0.0721. The molecule has 1 aromatic heterocycles. The number of phenols is 4. The van der Waals surface area contributed by atoms with Gasteiger partial charge in [0.1, 0.15) is 28.7 Å². The second-order valence-corrected chi connectivity index (χ2v) is 6.59. The van der Waals surface area contributed by atoms with Gasteiger partial charge in [0.15, 0.2) is 5.82 Å². The summed E-state index contributed by atoms with van der Waals surface area (Å²) in [5.41, 5.74) is 2.44. The molecule has 4 rings (SSSR count). The minimum atomic E-state index is -0.178. The fourth-order valence-corrected chi connectivity index (χ4v) is 3.06. The molecule has 0 aliphatic carbocycles. The Balaban J connectivity index is 1.93. The smallest absolute Gasteiger partial charge is 0.164 e. The quantitative estimate of drug-likeness (QED) is 0.402. The van der Waals surface area contributed by atoms with Crippen LogP contribution in [0, 0.1) is 0 Å². The molecule has 150 valence electrons. The van der Waals surface area contributed by atoms with Gasteiger partial charge in [-0.15, -0.1) is 0 Å². The average Bonchev–Trinajstić information content (AvgIpc) is 2.73. The molecule has 4 N–H and O–H groups in total. The zero-order chi connectivity index (χ0) is 21.3. The topological polar surface area (TPSA) is 116 Å². The van der Waals surface area contributed by atoms with E-state index in [1.165, 1.54) is 30.3 Å². The van der Waals surface area contributed by atoms with Gasteiger partial charge in [0.25, 0.3) is 0 Å². The lowest BCUT2D eigenvalue weighted by Crippen LogP contribution is -1.96. The molecule has 0 saturated carbocycles. The van der Waals surface area contributed by atoms with Gasteiger partial charge in [-0.2, -0.15) is 0 Å². The molecule has 30 heavy (non-hydrogen) atoms. The number of hydrogen-bond donors (Lipinski definition) is 4. The lowest BCUT2D eigenvalue weighted by atomic mass is 10.1. The number of phenolic OH excluding ortho intramolecular Hbond substituents is 4. The Morgan fingerprint density at radius 3 is 1.77 bits per heavy atom. The molecule has 0 atom stereocenters. The second-order valence-electron chi connectivity index (χ2n) is 6.59. The van der Waals surface area contributed by atoms with E-state index in [-0.39, 0.29) is 28.8 Å². The monoisotopic (exact) mass is 402 g/mol. The normalized spacial score (nSPS) is 10.7. The lowest BCUT2D eigenvalue weighted by molar-refractivity contribution is 0.415. The van der Waals surface area contributed by atoms with E-state index in [4.69, 9.17) is 4.74 Å². The summed E-state index contributed by atoms with van der Waals surface area (Å²) in [4.78, 5) is 9.06. The molecule has 7 heteroatoms. The molecule has 0 spiro atoms. The summed E-state index contributed by atoms with van der Waals surface area (Å²) in [5, 5.41) is 39.8. The van der Waals surface area contributed by atoms with Crippen LogP contribution in [0.25, 0.3) is 33.9 Å². The molecule has 0 aliphatic heterocycles. The Labute approximate surface area is 172 Å². The summed E-state index contributed by atoms with van der Waals surface area (Å²) in [5.74, 6) is 0.429. The van der Waals surface area contributed by atoms with Crippen molar-refractivity contribution in [3.05, 3.63) is 66.7 Å². The largest absolute Gasteiger partial charge is 0.508 e. The van der Waals surface area contributed by atoms with E-state index in [2.05, 4.69) is 9.97 Å². The maximum absolute atomic E-state index is 10.3. The van der Waals surface area contributed by atoms with Gasteiger partial charge in [0.2, 0.25) is 0 Å². The van der Waals surface area contributed by atoms with Crippen molar-refractivity contribution in [3.63, 3.8) is 0 Å². The van der Waals surface area contributed by atoms with Crippen molar-refractivity contribution in [2.75, 3.05) is 7.11 Å². The number of methoxy groups -OCH3 is 1. The third-order valence-electron chi connectivity index (χ3n) is 4.59. The number of hydrogen-bond acceptors (Lipinski definition) is 7. The number of benzene rings is 3. The van der Waals surface area contributed by atoms with Gasteiger partial charge in [-0.05, 0) is 54.6 Å². The molecular weight excluding hydrogens is 384 g/mol. The zero-order valence-electron chi connectivity index (χ0n) is 15.9. The summed E-state index contributed by atoms with van der Waals surface area (Å²) in [7, 11) is 1.58. The van der Waals surface area contributed by atoms with E-state index >= 15 is 0 Å². The highest BCUT2D eigenvalue weighted by molar-refractivity contribution is 5.76. The van der Waals surface area contributed by atoms with Crippen LogP contribution < -0.4 is 4.74 Å². The molecule has 1 heterocycles. The van der Waals surface area contributed by atoms with Crippen LogP contribution in [0.5, 0.6) is 28.7 Å². The maximum Gasteiger partial charge on any atom is 0.164 e. The van der Waals surface area contributed by atoms with Crippen LogP contribution in [-0.2, 0) is 0 Å². The molecule has 0 amide bonds. The number of aromatic nitrogens is 2. The maximum atomic E-state index is 10.3. The summed E-state index contributed by atoms with van der Waals surface area (Å²) >= 11 is 0. The third-order valence-corrected chi connectivity index (χ3v) is 4.59. The van der Waals surface area contributed by atoms with Crippen molar-refractivity contribution in [3.8, 4) is 62.7 Å². The van der Waals surface area contributed by atoms with Gasteiger partial charge < -0.3 is 25.2 Å². The van der Waals surface area contributed by atoms with Crippen LogP contribution in [0.4, 0.5) is 0 Å². The van der Waals surface area contributed by atoms with E-state index in [1.54, 1.807) is 31.4 Å². The summed E-state index contributed by atoms with van der Waals surface area (Å²) in [6.07, 6.45) is 0. The van der Waals surface area contributed by atoms with Crippen LogP contribution in [0.1, 0.15) is 0 Å². The van der Waals surface area contributed by atoms with Crippen LogP contribution in [-0.4, -0.2) is 37.5 Å². The van der Waals surface area contributed by atoms with E-state index in [0.717, 1.165) is 5.56 Å². The van der Waals surface area contributed by atoms with Gasteiger partial charge >= 0.3 is 0 Å². The van der Waals surface area contributed by atoms with Crippen molar-refractivity contribution in [1.29, 1.82) is 0 Å². The highest BCUT2D eigenvalue weighted by atomic mass is 16.5. The molecule has 7 nitrogen and oxygen atoms in total. The SMILES string of the molecule is COc1ccc(-c2cc(-c3ccc(O)cc3O)nc(-c3ccc(O)cc3O)n2)cc1. The van der Waals surface area contributed by atoms with E-state index in [1.807, 2.05) is 12.1 Å². The Hall–Kier alpha value is -4.26. The number of aromatic hydroxyl groups is 4. The molecule has 3 aromatic carbocycles. The predicted octanol–water partition coefficient (Wildman–Crippen LogP) is 4.31. The standard InChI is InChI=1S/C23H18N2O5/c1-30-16-6-2-13(3-7-16)19-12-20(17-8-4-14(26)10-21(17)28)25-23(24-19)18-9-5-15(27)11-22(18)29/h2-12,26-29H,1H3.